The molecule has 0 saturated heterocycles. The average Bonchev–Trinajstić information content (AvgIpc) is 2.31. The summed E-state index contributed by atoms with van der Waals surface area (Å²) in [5.41, 5.74) is 0.378. The van der Waals surface area contributed by atoms with Crippen LogP contribution in [0.2, 0.25) is 0 Å². The van der Waals surface area contributed by atoms with Crippen molar-refractivity contribution >= 4 is 43.7 Å². The molecule has 116 valence electrons. The number of benzene rings is 1. The summed E-state index contributed by atoms with van der Waals surface area (Å²) in [7, 11) is 0. The van der Waals surface area contributed by atoms with E-state index >= 15 is 0 Å². The summed E-state index contributed by atoms with van der Waals surface area (Å²) in [6.07, 6.45) is 0.505. The molecule has 0 saturated carbocycles. The van der Waals surface area contributed by atoms with Crippen LogP contribution in [-0.4, -0.2) is 23.5 Å². The Morgan fingerprint density at radius 1 is 1.19 bits per heavy atom. The lowest BCUT2D eigenvalue weighted by molar-refractivity contribution is -0.142. The van der Waals surface area contributed by atoms with Crippen molar-refractivity contribution in [2.24, 2.45) is 11.3 Å². The van der Waals surface area contributed by atoms with Crippen LogP contribution in [0.4, 0.5) is 0 Å². The van der Waals surface area contributed by atoms with Crippen LogP contribution in [-0.2, 0) is 4.79 Å². The number of carbonyl (C=O) groups excluding carboxylic acids is 1. The van der Waals surface area contributed by atoms with Crippen molar-refractivity contribution in [3.8, 4) is 0 Å². The zero-order valence-corrected chi connectivity index (χ0v) is 15.4. The molecule has 1 amide bonds. The Kier molecular flexibility index (Phi) is 6.41. The molecule has 0 aliphatic carbocycles. The fourth-order valence-corrected chi connectivity index (χ4v) is 3.28. The fourth-order valence-electron chi connectivity index (χ4n) is 1.99. The van der Waals surface area contributed by atoms with Crippen LogP contribution in [0, 0.1) is 11.3 Å². The highest BCUT2D eigenvalue weighted by molar-refractivity contribution is 9.11. The molecule has 0 fully saturated rings. The minimum Gasteiger partial charge on any atom is -0.481 e. The Balaban J connectivity index is 2.71. The molecule has 4 nitrogen and oxygen atoms in total. The maximum absolute atomic E-state index is 12.1. The van der Waals surface area contributed by atoms with Gasteiger partial charge in [-0.2, -0.15) is 0 Å². The number of halogens is 2. The van der Waals surface area contributed by atoms with Crippen LogP contribution in [0.3, 0.4) is 0 Å². The van der Waals surface area contributed by atoms with Gasteiger partial charge < -0.3 is 10.4 Å². The maximum atomic E-state index is 12.1. The normalized spacial score (nSPS) is 12.8. The van der Waals surface area contributed by atoms with Crippen molar-refractivity contribution in [2.45, 2.75) is 27.2 Å². The number of hydrogen-bond acceptors (Lipinski definition) is 2. The van der Waals surface area contributed by atoms with Crippen LogP contribution in [0.25, 0.3) is 0 Å². The number of rotatable bonds is 5. The lowest BCUT2D eigenvalue weighted by Crippen LogP contribution is -2.35. The first kappa shape index (κ1) is 18.2. The predicted molar refractivity (Wildman–Crippen MR) is 89.4 cm³/mol. The van der Waals surface area contributed by atoms with E-state index in [0.717, 1.165) is 8.95 Å². The molecular weight excluding hydrogens is 402 g/mol. The highest BCUT2D eigenvalue weighted by atomic mass is 79.9. The molecule has 0 bridgehead atoms. The molecular formula is C15H19Br2NO3. The van der Waals surface area contributed by atoms with Gasteiger partial charge in [-0.1, -0.05) is 52.6 Å². The molecule has 1 unspecified atom stereocenters. The molecule has 0 spiro atoms. The third kappa shape index (κ3) is 6.61. The highest BCUT2D eigenvalue weighted by Crippen LogP contribution is 2.24. The monoisotopic (exact) mass is 419 g/mol. The van der Waals surface area contributed by atoms with Gasteiger partial charge in [-0.3, -0.25) is 9.59 Å². The molecule has 1 aromatic carbocycles. The van der Waals surface area contributed by atoms with Gasteiger partial charge in [-0.15, -0.1) is 0 Å². The summed E-state index contributed by atoms with van der Waals surface area (Å²) in [6.45, 7) is 6.07. The Bertz CT molecular complexity index is 518. The zero-order chi connectivity index (χ0) is 16.2. The minimum atomic E-state index is -0.888. The second-order valence-electron chi connectivity index (χ2n) is 6.17. The van der Waals surface area contributed by atoms with Gasteiger partial charge in [-0.25, -0.2) is 0 Å². The van der Waals surface area contributed by atoms with Crippen molar-refractivity contribution in [1.29, 1.82) is 0 Å². The second-order valence-corrected chi connectivity index (χ2v) is 8.00. The molecule has 2 N–H and O–H groups in total. The molecule has 1 aromatic rings. The Hall–Kier alpha value is -0.880. The first-order chi connectivity index (χ1) is 9.58. The first-order valence-corrected chi connectivity index (χ1v) is 8.14. The van der Waals surface area contributed by atoms with Crippen molar-refractivity contribution < 1.29 is 14.7 Å². The first-order valence-electron chi connectivity index (χ1n) is 6.55. The molecule has 0 aliphatic rings. The largest absolute Gasteiger partial charge is 0.481 e. The SMILES string of the molecule is CC(C)(C)CC(CNC(=O)c1cc(Br)cc(Br)c1)C(=O)O. The highest BCUT2D eigenvalue weighted by Gasteiger charge is 2.25. The van der Waals surface area contributed by atoms with E-state index in [1.54, 1.807) is 12.1 Å². The van der Waals surface area contributed by atoms with Gasteiger partial charge in [0.05, 0.1) is 5.92 Å². The lowest BCUT2D eigenvalue weighted by Gasteiger charge is -2.23. The Labute approximate surface area is 141 Å². The van der Waals surface area contributed by atoms with Gasteiger partial charge in [0.25, 0.3) is 5.91 Å². The number of carboxylic acids is 1. The van der Waals surface area contributed by atoms with Gasteiger partial charge in [0.15, 0.2) is 0 Å². The second kappa shape index (κ2) is 7.40. The predicted octanol–water partition coefficient (Wildman–Crippen LogP) is 4.08. The number of carboxylic acid groups (broad SMARTS) is 1. The Morgan fingerprint density at radius 2 is 1.71 bits per heavy atom. The quantitative estimate of drug-likeness (QED) is 0.754. The van der Waals surface area contributed by atoms with Crippen molar-refractivity contribution in [3.63, 3.8) is 0 Å². The number of amides is 1. The zero-order valence-electron chi connectivity index (χ0n) is 12.2. The van der Waals surface area contributed by atoms with E-state index in [-0.39, 0.29) is 17.9 Å². The van der Waals surface area contributed by atoms with E-state index in [1.165, 1.54) is 0 Å². The molecule has 0 radical (unpaired) electrons. The van der Waals surface area contributed by atoms with Gasteiger partial charge >= 0.3 is 5.97 Å². The van der Waals surface area contributed by atoms with E-state index in [0.29, 0.717) is 12.0 Å². The molecule has 6 heteroatoms. The van der Waals surface area contributed by atoms with Crippen LogP contribution < -0.4 is 5.32 Å². The summed E-state index contributed by atoms with van der Waals surface area (Å²) < 4.78 is 1.57. The molecule has 0 aliphatic heterocycles. The van der Waals surface area contributed by atoms with Gasteiger partial charge in [0.1, 0.15) is 0 Å². The van der Waals surface area contributed by atoms with E-state index in [1.807, 2.05) is 26.8 Å². The summed E-state index contributed by atoms with van der Waals surface area (Å²) in [4.78, 5) is 23.4. The Morgan fingerprint density at radius 3 is 2.14 bits per heavy atom. The standard InChI is InChI=1S/C15H19Br2NO3/c1-15(2,3)7-10(14(20)21)8-18-13(19)9-4-11(16)6-12(17)5-9/h4-6,10H,7-8H2,1-3H3,(H,18,19)(H,20,21). The third-order valence-electron chi connectivity index (χ3n) is 2.84. The van der Waals surface area contributed by atoms with E-state index in [9.17, 15) is 14.7 Å². The van der Waals surface area contributed by atoms with E-state index in [4.69, 9.17) is 0 Å². The number of carbonyl (C=O) groups is 2. The summed E-state index contributed by atoms with van der Waals surface area (Å²) in [5, 5.41) is 11.9. The maximum Gasteiger partial charge on any atom is 0.308 e. The molecule has 21 heavy (non-hydrogen) atoms. The molecule has 0 aromatic heterocycles. The topological polar surface area (TPSA) is 66.4 Å². The van der Waals surface area contributed by atoms with Crippen molar-refractivity contribution in [2.75, 3.05) is 6.54 Å². The third-order valence-corrected chi connectivity index (χ3v) is 3.76. The van der Waals surface area contributed by atoms with Crippen molar-refractivity contribution in [3.05, 3.63) is 32.7 Å². The van der Waals surface area contributed by atoms with Gasteiger partial charge in [0.2, 0.25) is 0 Å². The molecule has 1 atom stereocenters. The average molecular weight is 421 g/mol. The van der Waals surface area contributed by atoms with E-state index in [2.05, 4.69) is 37.2 Å². The van der Waals surface area contributed by atoms with Crippen molar-refractivity contribution in [1.82, 2.24) is 5.32 Å². The van der Waals surface area contributed by atoms with Gasteiger partial charge in [-0.05, 0) is 30.0 Å². The summed E-state index contributed by atoms with van der Waals surface area (Å²) in [5.74, 6) is -1.76. The fraction of sp³-hybridized carbons (Fsp3) is 0.467. The van der Waals surface area contributed by atoms with Gasteiger partial charge in [0, 0.05) is 21.1 Å². The van der Waals surface area contributed by atoms with Crippen LogP contribution >= 0.6 is 31.9 Å². The number of aliphatic carboxylic acids is 1. The van der Waals surface area contributed by atoms with E-state index < -0.39 is 11.9 Å². The van der Waals surface area contributed by atoms with Crippen LogP contribution in [0.5, 0.6) is 0 Å². The number of hydrogen-bond donors (Lipinski definition) is 2. The smallest absolute Gasteiger partial charge is 0.308 e. The molecule has 0 heterocycles. The molecule has 1 rings (SSSR count). The summed E-state index contributed by atoms with van der Waals surface area (Å²) >= 11 is 6.64. The summed E-state index contributed by atoms with van der Waals surface area (Å²) in [6, 6.07) is 5.22. The number of nitrogens with one attached hydrogen (secondary N) is 1. The lowest BCUT2D eigenvalue weighted by atomic mass is 9.84. The minimum absolute atomic E-state index is 0.105. The van der Waals surface area contributed by atoms with Crippen LogP contribution in [0.1, 0.15) is 37.6 Å². The van der Waals surface area contributed by atoms with Crippen LogP contribution in [0.15, 0.2) is 27.1 Å².